The molecule has 0 aromatic heterocycles. The second-order valence-corrected chi connectivity index (χ2v) is 7.44. The molecule has 1 aromatic rings. The van der Waals surface area contributed by atoms with E-state index in [0.717, 1.165) is 5.69 Å². The average Bonchev–Trinajstić information content (AvgIpc) is 2.36. The van der Waals surface area contributed by atoms with E-state index >= 15 is 0 Å². The summed E-state index contributed by atoms with van der Waals surface area (Å²) in [5, 5.41) is 0. The van der Waals surface area contributed by atoms with Crippen LogP contribution in [0.3, 0.4) is 0 Å². The molecule has 2 N–H and O–H groups in total. The molecule has 1 rings (SSSR count). The standard InChI is InChI=1S/C12H20BrN3O2S.ClH/c1-9(8-14)16(4)19(17,18)12-7-10(15(2)3)5-6-11(12)13;/h5-7,9H,8,14H2,1-4H3;1H. The largest absolute Gasteiger partial charge is 0.378 e. The normalized spacial score (nSPS) is 12.9. The summed E-state index contributed by atoms with van der Waals surface area (Å²) < 4.78 is 26.9. The van der Waals surface area contributed by atoms with E-state index in [9.17, 15) is 8.42 Å². The van der Waals surface area contributed by atoms with Crippen LogP contribution in [0.25, 0.3) is 0 Å². The lowest BCUT2D eigenvalue weighted by Crippen LogP contribution is -2.39. The van der Waals surface area contributed by atoms with Crippen LogP contribution < -0.4 is 10.6 Å². The number of benzene rings is 1. The molecule has 5 nitrogen and oxygen atoms in total. The first-order chi connectivity index (χ1) is 8.71. The van der Waals surface area contributed by atoms with Crippen molar-refractivity contribution in [2.75, 3.05) is 32.6 Å². The summed E-state index contributed by atoms with van der Waals surface area (Å²) in [5.41, 5.74) is 6.37. The van der Waals surface area contributed by atoms with Gasteiger partial charge in [-0.1, -0.05) is 0 Å². The topological polar surface area (TPSA) is 66.6 Å². The van der Waals surface area contributed by atoms with E-state index in [1.165, 1.54) is 4.31 Å². The van der Waals surface area contributed by atoms with Gasteiger partial charge in [-0.2, -0.15) is 4.31 Å². The first kappa shape index (κ1) is 19.7. The Morgan fingerprint density at radius 1 is 1.30 bits per heavy atom. The maximum absolute atomic E-state index is 12.6. The van der Waals surface area contributed by atoms with Crippen LogP contribution >= 0.6 is 28.3 Å². The molecule has 1 unspecified atom stereocenters. The van der Waals surface area contributed by atoms with Gasteiger partial charge in [0, 0.05) is 43.9 Å². The Hall–Kier alpha value is -0.340. The van der Waals surface area contributed by atoms with Gasteiger partial charge in [-0.25, -0.2) is 8.42 Å². The van der Waals surface area contributed by atoms with E-state index in [4.69, 9.17) is 5.73 Å². The van der Waals surface area contributed by atoms with Crippen molar-refractivity contribution in [1.82, 2.24) is 4.31 Å². The summed E-state index contributed by atoms with van der Waals surface area (Å²) in [7, 11) is 1.72. The van der Waals surface area contributed by atoms with Crippen LogP contribution in [0, 0.1) is 0 Å². The minimum Gasteiger partial charge on any atom is -0.378 e. The fraction of sp³-hybridized carbons (Fsp3) is 0.500. The maximum Gasteiger partial charge on any atom is 0.244 e. The van der Waals surface area contributed by atoms with Crippen molar-refractivity contribution < 1.29 is 8.42 Å². The number of anilines is 1. The zero-order valence-electron chi connectivity index (χ0n) is 12.0. The fourth-order valence-electron chi connectivity index (χ4n) is 1.51. The molecule has 0 aliphatic rings. The Morgan fingerprint density at radius 2 is 1.85 bits per heavy atom. The molecule has 0 fully saturated rings. The molecule has 0 amide bonds. The third kappa shape index (κ3) is 4.08. The summed E-state index contributed by atoms with van der Waals surface area (Å²) in [6, 6.07) is 5.00. The van der Waals surface area contributed by atoms with Crippen LogP contribution in [0.4, 0.5) is 5.69 Å². The number of halogens is 2. The van der Waals surface area contributed by atoms with Gasteiger partial charge in [0.25, 0.3) is 0 Å². The van der Waals surface area contributed by atoms with Crippen LogP contribution in [0.5, 0.6) is 0 Å². The first-order valence-electron chi connectivity index (χ1n) is 5.86. The van der Waals surface area contributed by atoms with Gasteiger partial charge in [-0.05, 0) is 41.1 Å². The molecule has 1 aromatic carbocycles. The van der Waals surface area contributed by atoms with Crippen molar-refractivity contribution in [3.05, 3.63) is 22.7 Å². The SMILES string of the molecule is CC(CN)N(C)S(=O)(=O)c1cc(N(C)C)ccc1Br.Cl. The second kappa shape index (κ2) is 7.61. The molecule has 8 heteroatoms. The van der Waals surface area contributed by atoms with Crippen molar-refractivity contribution in [3.63, 3.8) is 0 Å². The molecule has 0 saturated carbocycles. The highest BCUT2D eigenvalue weighted by molar-refractivity contribution is 9.10. The lowest BCUT2D eigenvalue weighted by Gasteiger charge is -2.24. The van der Waals surface area contributed by atoms with Gasteiger partial charge < -0.3 is 10.6 Å². The summed E-state index contributed by atoms with van der Waals surface area (Å²) in [6.45, 7) is 2.06. The molecular weight excluding hydrogens is 366 g/mol. The van der Waals surface area contributed by atoms with Crippen LogP contribution in [0.15, 0.2) is 27.6 Å². The number of likely N-dealkylation sites (N-methyl/N-ethyl adjacent to an activating group) is 1. The fourth-order valence-corrected chi connectivity index (χ4v) is 3.82. The van der Waals surface area contributed by atoms with Gasteiger partial charge in [-0.15, -0.1) is 12.4 Å². The summed E-state index contributed by atoms with van der Waals surface area (Å²) in [4.78, 5) is 2.11. The smallest absolute Gasteiger partial charge is 0.244 e. The minimum absolute atomic E-state index is 0. The van der Waals surface area contributed by atoms with E-state index in [2.05, 4.69) is 15.9 Å². The molecule has 20 heavy (non-hydrogen) atoms. The number of hydrogen-bond acceptors (Lipinski definition) is 4. The zero-order valence-corrected chi connectivity index (χ0v) is 15.2. The van der Waals surface area contributed by atoms with Crippen molar-refractivity contribution in [2.24, 2.45) is 5.73 Å². The van der Waals surface area contributed by atoms with Crippen LogP contribution in [-0.2, 0) is 10.0 Å². The predicted octanol–water partition coefficient (Wildman–Crippen LogP) is 1.90. The number of nitrogens with two attached hydrogens (primary N) is 1. The highest BCUT2D eigenvalue weighted by Crippen LogP contribution is 2.29. The summed E-state index contributed by atoms with van der Waals surface area (Å²) in [5.74, 6) is 0. The third-order valence-corrected chi connectivity index (χ3v) is 6.02. The maximum atomic E-state index is 12.6. The van der Waals surface area contributed by atoms with E-state index in [1.807, 2.05) is 25.1 Å². The van der Waals surface area contributed by atoms with E-state index in [-0.39, 0.29) is 29.9 Å². The Kier molecular flexibility index (Phi) is 7.48. The molecule has 0 heterocycles. The Labute approximate surface area is 135 Å². The van der Waals surface area contributed by atoms with Gasteiger partial charge in [0.15, 0.2) is 0 Å². The third-order valence-electron chi connectivity index (χ3n) is 3.05. The quantitative estimate of drug-likeness (QED) is 0.839. The minimum atomic E-state index is -3.56. The molecule has 0 saturated heterocycles. The van der Waals surface area contributed by atoms with Crippen molar-refractivity contribution in [2.45, 2.75) is 17.9 Å². The Bertz CT molecular complexity index is 552. The Morgan fingerprint density at radius 3 is 2.30 bits per heavy atom. The van der Waals surface area contributed by atoms with E-state index < -0.39 is 10.0 Å². The molecule has 0 bridgehead atoms. The average molecular weight is 387 g/mol. The first-order valence-corrected chi connectivity index (χ1v) is 8.10. The van der Waals surface area contributed by atoms with Crippen molar-refractivity contribution >= 4 is 44.0 Å². The van der Waals surface area contributed by atoms with Gasteiger partial charge >= 0.3 is 0 Å². The molecule has 0 spiro atoms. The van der Waals surface area contributed by atoms with Crippen LogP contribution in [0.1, 0.15) is 6.92 Å². The zero-order chi connectivity index (χ0) is 14.8. The Balaban J connectivity index is 0.00000361. The molecule has 0 radical (unpaired) electrons. The highest BCUT2D eigenvalue weighted by Gasteiger charge is 2.27. The van der Waals surface area contributed by atoms with E-state index in [1.54, 1.807) is 26.1 Å². The predicted molar refractivity (Wildman–Crippen MR) is 89.2 cm³/mol. The van der Waals surface area contributed by atoms with Crippen molar-refractivity contribution in [3.8, 4) is 0 Å². The number of hydrogen-bond donors (Lipinski definition) is 1. The lowest BCUT2D eigenvalue weighted by atomic mass is 10.3. The molecule has 0 aliphatic heterocycles. The number of nitrogens with zero attached hydrogens (tertiary/aromatic N) is 2. The van der Waals surface area contributed by atoms with E-state index in [0.29, 0.717) is 4.47 Å². The summed E-state index contributed by atoms with van der Waals surface area (Å²) >= 11 is 3.30. The number of rotatable bonds is 5. The molecule has 0 aliphatic carbocycles. The molecule has 1 atom stereocenters. The second-order valence-electron chi connectivity index (χ2n) is 4.62. The molecular formula is C12H21BrClN3O2S. The molecule has 116 valence electrons. The summed E-state index contributed by atoms with van der Waals surface area (Å²) in [6.07, 6.45) is 0. The monoisotopic (exact) mass is 385 g/mol. The number of sulfonamides is 1. The van der Waals surface area contributed by atoms with Crippen LogP contribution in [-0.4, -0.2) is 46.5 Å². The van der Waals surface area contributed by atoms with Crippen LogP contribution in [0.2, 0.25) is 0 Å². The van der Waals surface area contributed by atoms with Gasteiger partial charge in [0.1, 0.15) is 0 Å². The highest BCUT2D eigenvalue weighted by atomic mass is 79.9. The lowest BCUT2D eigenvalue weighted by molar-refractivity contribution is 0.394. The van der Waals surface area contributed by atoms with Gasteiger partial charge in [0.2, 0.25) is 10.0 Å². The van der Waals surface area contributed by atoms with Gasteiger partial charge in [-0.3, -0.25) is 0 Å². The van der Waals surface area contributed by atoms with Crippen molar-refractivity contribution in [1.29, 1.82) is 0 Å². The van der Waals surface area contributed by atoms with Gasteiger partial charge in [0.05, 0.1) is 4.90 Å².